The molecule has 0 heterocycles. The second-order valence-electron chi connectivity index (χ2n) is 5.21. The number of nitrogens with zero attached hydrogens (tertiary/aromatic N) is 2. The van der Waals surface area contributed by atoms with E-state index in [4.69, 9.17) is 12.2 Å². The first kappa shape index (κ1) is 19.1. The number of rotatable bonds is 6. The largest absolute Gasteiger partial charge is 0.378 e. The molecule has 0 aliphatic carbocycles. The van der Waals surface area contributed by atoms with Gasteiger partial charge in [0, 0.05) is 30.4 Å². The maximum Gasteiger partial charge on any atom is 0.288 e. The van der Waals surface area contributed by atoms with E-state index in [0.29, 0.717) is 27.5 Å². The van der Waals surface area contributed by atoms with Crippen LogP contribution in [0.3, 0.4) is 0 Å². The van der Waals surface area contributed by atoms with Crippen LogP contribution in [0.15, 0.2) is 58.5 Å². The number of alkyl halides is 2. The molecule has 0 spiro atoms. The second kappa shape index (κ2) is 9.33. The van der Waals surface area contributed by atoms with Gasteiger partial charge in [-0.15, -0.1) is 0 Å². The lowest BCUT2D eigenvalue weighted by atomic mass is 10.2. The standard InChI is InChI=1S/C17H18F2N4S2/c1-23(2)14-7-3-12(4-8-14)11-20-22-17(24)21-13-5-9-15(10-6-13)25-16(18)19/h3-11,16H,1-2H3,(H2,21,22,24)/b20-11-. The monoisotopic (exact) mass is 380 g/mol. The third-order valence-corrected chi connectivity index (χ3v) is 4.04. The first-order chi connectivity index (χ1) is 11.9. The van der Waals surface area contributed by atoms with Gasteiger partial charge < -0.3 is 10.2 Å². The number of hydrazone groups is 1. The van der Waals surface area contributed by atoms with Crippen molar-refractivity contribution in [3.63, 3.8) is 0 Å². The molecule has 0 radical (unpaired) electrons. The van der Waals surface area contributed by atoms with E-state index in [1.165, 1.54) is 0 Å². The van der Waals surface area contributed by atoms with E-state index < -0.39 is 5.76 Å². The van der Waals surface area contributed by atoms with Gasteiger partial charge in [-0.05, 0) is 54.2 Å². The molecule has 0 aromatic heterocycles. The molecule has 0 bridgehead atoms. The zero-order chi connectivity index (χ0) is 18.2. The van der Waals surface area contributed by atoms with Crippen molar-refractivity contribution in [1.29, 1.82) is 0 Å². The summed E-state index contributed by atoms with van der Waals surface area (Å²) >= 11 is 5.65. The maximum atomic E-state index is 12.3. The van der Waals surface area contributed by atoms with Gasteiger partial charge in [-0.25, -0.2) is 0 Å². The van der Waals surface area contributed by atoms with Crippen LogP contribution >= 0.6 is 24.0 Å². The number of nitrogens with one attached hydrogen (secondary N) is 2. The molecule has 2 N–H and O–H groups in total. The fourth-order valence-corrected chi connectivity index (χ4v) is 2.57. The Labute approximate surface area is 155 Å². The minimum atomic E-state index is -2.43. The Balaban J connectivity index is 1.83. The Bertz CT molecular complexity index is 716. The van der Waals surface area contributed by atoms with E-state index in [1.807, 2.05) is 43.3 Å². The van der Waals surface area contributed by atoms with Crippen molar-refractivity contribution in [3.05, 3.63) is 54.1 Å². The first-order valence-electron chi connectivity index (χ1n) is 7.36. The zero-order valence-electron chi connectivity index (χ0n) is 13.7. The van der Waals surface area contributed by atoms with E-state index in [0.717, 1.165) is 11.3 Å². The number of hydrogen-bond acceptors (Lipinski definition) is 4. The van der Waals surface area contributed by atoms with Crippen molar-refractivity contribution in [2.75, 3.05) is 24.3 Å². The molecule has 0 fully saturated rings. The summed E-state index contributed by atoms with van der Waals surface area (Å²) < 4.78 is 24.5. The number of benzene rings is 2. The van der Waals surface area contributed by atoms with Crippen molar-refractivity contribution in [2.24, 2.45) is 5.10 Å². The highest BCUT2D eigenvalue weighted by Crippen LogP contribution is 2.26. The van der Waals surface area contributed by atoms with Crippen molar-refractivity contribution in [1.82, 2.24) is 5.43 Å². The van der Waals surface area contributed by atoms with Gasteiger partial charge in [-0.1, -0.05) is 23.9 Å². The Morgan fingerprint density at radius 2 is 1.76 bits per heavy atom. The van der Waals surface area contributed by atoms with E-state index in [1.54, 1.807) is 30.5 Å². The molecule has 0 amide bonds. The molecule has 2 aromatic carbocycles. The van der Waals surface area contributed by atoms with Crippen LogP contribution in [0.5, 0.6) is 0 Å². The summed E-state index contributed by atoms with van der Waals surface area (Å²) in [6.07, 6.45) is 1.66. The summed E-state index contributed by atoms with van der Waals surface area (Å²) in [5.41, 5.74) is 5.46. The fraction of sp³-hybridized carbons (Fsp3) is 0.176. The number of halogens is 2. The van der Waals surface area contributed by atoms with Crippen LogP contribution < -0.4 is 15.6 Å². The van der Waals surface area contributed by atoms with Crippen molar-refractivity contribution in [3.8, 4) is 0 Å². The second-order valence-corrected chi connectivity index (χ2v) is 6.68. The van der Waals surface area contributed by atoms with E-state index in [-0.39, 0.29) is 0 Å². The predicted octanol–water partition coefficient (Wildman–Crippen LogP) is 4.39. The van der Waals surface area contributed by atoms with Gasteiger partial charge in [-0.3, -0.25) is 5.43 Å². The van der Waals surface area contributed by atoms with Crippen molar-refractivity contribution in [2.45, 2.75) is 10.7 Å². The van der Waals surface area contributed by atoms with E-state index >= 15 is 0 Å². The Hall–Kier alpha value is -2.19. The van der Waals surface area contributed by atoms with Crippen molar-refractivity contribution >= 4 is 46.7 Å². The molecule has 8 heteroatoms. The summed E-state index contributed by atoms with van der Waals surface area (Å²) in [5, 5.41) is 7.32. The van der Waals surface area contributed by atoms with Crippen molar-refractivity contribution < 1.29 is 8.78 Å². The van der Waals surface area contributed by atoms with E-state index in [2.05, 4.69) is 15.8 Å². The molecule has 0 saturated carbocycles. The molecule has 0 aliphatic heterocycles. The summed E-state index contributed by atoms with van der Waals surface area (Å²) in [6, 6.07) is 14.5. The number of hydrogen-bond donors (Lipinski definition) is 2. The van der Waals surface area contributed by atoms with Crippen LogP contribution in [0.1, 0.15) is 5.56 Å². The Morgan fingerprint density at radius 1 is 1.12 bits per heavy atom. The highest BCUT2D eigenvalue weighted by atomic mass is 32.2. The van der Waals surface area contributed by atoms with Crippen LogP contribution in [0.25, 0.3) is 0 Å². The number of thiocarbonyl (C=S) groups is 1. The maximum absolute atomic E-state index is 12.3. The topological polar surface area (TPSA) is 39.7 Å². The van der Waals surface area contributed by atoms with Crippen LogP contribution in [0.4, 0.5) is 20.2 Å². The highest BCUT2D eigenvalue weighted by molar-refractivity contribution is 7.99. The lowest BCUT2D eigenvalue weighted by molar-refractivity contribution is 0.252. The third-order valence-electron chi connectivity index (χ3n) is 3.13. The quantitative estimate of drug-likeness (QED) is 0.337. The van der Waals surface area contributed by atoms with Gasteiger partial charge in [0.25, 0.3) is 5.76 Å². The van der Waals surface area contributed by atoms with Gasteiger partial charge in [-0.2, -0.15) is 13.9 Å². The molecule has 25 heavy (non-hydrogen) atoms. The fourth-order valence-electron chi connectivity index (χ4n) is 1.90. The molecule has 4 nitrogen and oxygen atoms in total. The predicted molar refractivity (Wildman–Crippen MR) is 106 cm³/mol. The highest BCUT2D eigenvalue weighted by Gasteiger charge is 2.05. The van der Waals surface area contributed by atoms with Gasteiger partial charge in [0.05, 0.1) is 6.21 Å². The van der Waals surface area contributed by atoms with Crippen LogP contribution in [0, 0.1) is 0 Å². The van der Waals surface area contributed by atoms with E-state index in [9.17, 15) is 8.78 Å². The average molecular weight is 380 g/mol. The van der Waals surface area contributed by atoms with Gasteiger partial charge in [0.2, 0.25) is 0 Å². The number of anilines is 2. The molecular formula is C17H18F2N4S2. The minimum Gasteiger partial charge on any atom is -0.378 e. The SMILES string of the molecule is CN(C)c1ccc(/C=N\NC(=S)Nc2ccc(SC(F)F)cc2)cc1. The molecule has 0 saturated heterocycles. The van der Waals surface area contributed by atoms with Gasteiger partial charge in [0.15, 0.2) is 5.11 Å². The summed E-state index contributed by atoms with van der Waals surface area (Å²) in [5.74, 6) is -2.43. The van der Waals surface area contributed by atoms with Crippen LogP contribution in [-0.2, 0) is 0 Å². The molecular weight excluding hydrogens is 362 g/mol. The smallest absolute Gasteiger partial charge is 0.288 e. The average Bonchev–Trinajstić information content (AvgIpc) is 2.56. The van der Waals surface area contributed by atoms with Gasteiger partial charge in [0.1, 0.15) is 0 Å². The zero-order valence-corrected chi connectivity index (χ0v) is 15.4. The molecule has 2 rings (SSSR count). The summed E-state index contributed by atoms with van der Waals surface area (Å²) in [7, 11) is 3.96. The number of thioether (sulfide) groups is 1. The molecule has 0 aliphatic rings. The Kier molecular flexibility index (Phi) is 7.15. The molecule has 0 atom stereocenters. The van der Waals surface area contributed by atoms with Crippen LogP contribution in [-0.4, -0.2) is 31.2 Å². The molecule has 0 unspecified atom stereocenters. The molecule has 2 aromatic rings. The first-order valence-corrected chi connectivity index (χ1v) is 8.65. The Morgan fingerprint density at radius 3 is 2.32 bits per heavy atom. The summed E-state index contributed by atoms with van der Waals surface area (Å²) in [6.45, 7) is 0. The summed E-state index contributed by atoms with van der Waals surface area (Å²) in [4.78, 5) is 2.52. The van der Waals surface area contributed by atoms with Crippen LogP contribution in [0.2, 0.25) is 0 Å². The third kappa shape index (κ3) is 6.67. The lowest BCUT2D eigenvalue weighted by Crippen LogP contribution is -2.23. The minimum absolute atomic E-state index is 0.315. The van der Waals surface area contributed by atoms with Gasteiger partial charge >= 0.3 is 0 Å². The normalized spacial score (nSPS) is 10.9. The molecule has 132 valence electrons. The lowest BCUT2D eigenvalue weighted by Gasteiger charge is -2.11.